The average molecular weight is 216 g/mol. The molecule has 0 fully saturated rings. The molecule has 0 heterocycles. The molecule has 0 aromatic rings. The Morgan fingerprint density at radius 3 is 2.73 bits per heavy atom. The predicted molar refractivity (Wildman–Crippen MR) is 63.6 cm³/mol. The molecule has 0 aliphatic heterocycles. The third kappa shape index (κ3) is 8.20. The minimum absolute atomic E-state index is 0.205. The molecule has 0 amide bonds. The van der Waals surface area contributed by atoms with E-state index < -0.39 is 0 Å². The topological polar surface area (TPSA) is 71.7 Å². The monoisotopic (exact) mass is 216 g/mol. The van der Waals surface area contributed by atoms with Crippen LogP contribution in [-0.4, -0.2) is 32.3 Å². The van der Waals surface area contributed by atoms with E-state index in [4.69, 9.17) is 10.6 Å². The quantitative estimate of drug-likeness (QED) is 0.192. The van der Waals surface area contributed by atoms with Crippen molar-refractivity contribution in [2.24, 2.45) is 10.8 Å². The predicted octanol–water partition coefficient (Wildman–Crippen LogP) is 0.620. The lowest BCUT2D eigenvalue weighted by Crippen LogP contribution is -2.46. The molecule has 1 unspecified atom stereocenters. The number of hydrogen-bond acceptors (Lipinski definition) is 3. The summed E-state index contributed by atoms with van der Waals surface area (Å²) in [6.45, 7) is 5.63. The first kappa shape index (κ1) is 14.2. The molecule has 90 valence electrons. The van der Waals surface area contributed by atoms with Crippen molar-refractivity contribution in [3.63, 3.8) is 0 Å². The Bertz CT molecular complexity index is 173. The number of rotatable bonds is 7. The number of unbranched alkanes of at least 4 members (excludes halogenated alkanes) is 2. The normalized spacial score (nSPS) is 13.7. The SMILES string of the molecule is CCCCCN=C(NN)NC(C)COC. The molecule has 0 rings (SSSR count). The summed E-state index contributed by atoms with van der Waals surface area (Å²) in [7, 11) is 1.67. The molecular weight excluding hydrogens is 192 g/mol. The summed E-state index contributed by atoms with van der Waals surface area (Å²) >= 11 is 0. The van der Waals surface area contributed by atoms with E-state index in [1.807, 2.05) is 6.92 Å². The molecule has 0 radical (unpaired) electrons. The summed E-state index contributed by atoms with van der Waals surface area (Å²) in [6, 6.07) is 0.205. The zero-order chi connectivity index (χ0) is 11.5. The van der Waals surface area contributed by atoms with Gasteiger partial charge in [0.1, 0.15) is 0 Å². The summed E-state index contributed by atoms with van der Waals surface area (Å²) < 4.78 is 5.01. The van der Waals surface area contributed by atoms with E-state index in [1.54, 1.807) is 7.11 Å². The minimum atomic E-state index is 0.205. The minimum Gasteiger partial charge on any atom is -0.383 e. The molecule has 0 spiro atoms. The molecular formula is C10H24N4O. The first-order chi connectivity index (χ1) is 7.24. The highest BCUT2D eigenvalue weighted by atomic mass is 16.5. The van der Waals surface area contributed by atoms with E-state index in [0.29, 0.717) is 12.6 Å². The fraction of sp³-hybridized carbons (Fsp3) is 0.900. The zero-order valence-corrected chi connectivity index (χ0v) is 10.0. The third-order valence-corrected chi connectivity index (χ3v) is 1.97. The molecule has 0 aliphatic carbocycles. The van der Waals surface area contributed by atoms with Crippen LogP contribution in [0.15, 0.2) is 4.99 Å². The Morgan fingerprint density at radius 1 is 1.47 bits per heavy atom. The van der Waals surface area contributed by atoms with E-state index in [9.17, 15) is 0 Å². The van der Waals surface area contributed by atoms with Gasteiger partial charge in [-0.1, -0.05) is 19.8 Å². The summed E-state index contributed by atoms with van der Waals surface area (Å²) in [4.78, 5) is 4.32. The molecule has 0 aliphatic rings. The van der Waals surface area contributed by atoms with Crippen molar-refractivity contribution in [2.45, 2.75) is 39.2 Å². The number of nitrogens with two attached hydrogens (primary N) is 1. The van der Waals surface area contributed by atoms with Crippen molar-refractivity contribution in [3.05, 3.63) is 0 Å². The Labute approximate surface area is 92.4 Å². The molecule has 0 aromatic carbocycles. The second kappa shape index (κ2) is 9.73. The Morgan fingerprint density at radius 2 is 2.20 bits per heavy atom. The highest BCUT2D eigenvalue weighted by molar-refractivity contribution is 5.79. The van der Waals surface area contributed by atoms with E-state index in [2.05, 4.69) is 22.7 Å². The van der Waals surface area contributed by atoms with Gasteiger partial charge in [-0.15, -0.1) is 0 Å². The fourth-order valence-electron chi connectivity index (χ4n) is 1.21. The van der Waals surface area contributed by atoms with Crippen LogP contribution in [-0.2, 0) is 4.74 Å². The van der Waals surface area contributed by atoms with Gasteiger partial charge in [-0.3, -0.25) is 10.4 Å². The highest BCUT2D eigenvalue weighted by Gasteiger charge is 2.02. The van der Waals surface area contributed by atoms with Crippen LogP contribution in [0.3, 0.4) is 0 Å². The standard InChI is InChI=1S/C10H24N4O/c1-4-5-6-7-12-10(14-11)13-9(2)8-15-3/h9H,4-8,11H2,1-3H3,(H2,12,13,14). The smallest absolute Gasteiger partial charge is 0.206 e. The van der Waals surface area contributed by atoms with Crippen LogP contribution in [0.5, 0.6) is 0 Å². The van der Waals surface area contributed by atoms with Crippen LogP contribution in [0.25, 0.3) is 0 Å². The van der Waals surface area contributed by atoms with Crippen molar-refractivity contribution in [1.29, 1.82) is 0 Å². The summed E-state index contributed by atoms with van der Waals surface area (Å²) in [5.74, 6) is 5.98. The highest BCUT2D eigenvalue weighted by Crippen LogP contribution is 1.93. The van der Waals surface area contributed by atoms with Crippen LogP contribution in [0.1, 0.15) is 33.1 Å². The van der Waals surface area contributed by atoms with Crippen molar-refractivity contribution < 1.29 is 4.74 Å². The van der Waals surface area contributed by atoms with Crippen molar-refractivity contribution in [3.8, 4) is 0 Å². The third-order valence-electron chi connectivity index (χ3n) is 1.97. The van der Waals surface area contributed by atoms with Gasteiger partial charge in [0.25, 0.3) is 0 Å². The van der Waals surface area contributed by atoms with Crippen LogP contribution < -0.4 is 16.6 Å². The number of hydrazine groups is 1. The molecule has 5 heteroatoms. The maximum absolute atomic E-state index is 5.35. The van der Waals surface area contributed by atoms with Crippen LogP contribution in [0.4, 0.5) is 0 Å². The molecule has 0 saturated carbocycles. The lowest BCUT2D eigenvalue weighted by molar-refractivity contribution is 0.179. The number of hydrogen-bond donors (Lipinski definition) is 3. The van der Waals surface area contributed by atoms with Gasteiger partial charge < -0.3 is 10.1 Å². The van der Waals surface area contributed by atoms with Gasteiger partial charge in [0.15, 0.2) is 0 Å². The van der Waals surface area contributed by atoms with Crippen LogP contribution in [0, 0.1) is 0 Å². The van der Waals surface area contributed by atoms with Gasteiger partial charge in [0, 0.05) is 19.7 Å². The van der Waals surface area contributed by atoms with Gasteiger partial charge in [-0.2, -0.15) is 0 Å². The molecule has 4 N–H and O–H groups in total. The Kier molecular flexibility index (Phi) is 9.21. The van der Waals surface area contributed by atoms with Crippen molar-refractivity contribution in [1.82, 2.24) is 10.7 Å². The van der Waals surface area contributed by atoms with E-state index >= 15 is 0 Å². The molecule has 1 atom stereocenters. The molecule has 5 nitrogen and oxygen atoms in total. The van der Waals surface area contributed by atoms with E-state index in [0.717, 1.165) is 13.0 Å². The number of nitrogens with zero attached hydrogens (tertiary/aromatic N) is 1. The summed E-state index contributed by atoms with van der Waals surface area (Å²) in [5.41, 5.74) is 2.55. The van der Waals surface area contributed by atoms with Crippen LogP contribution in [0.2, 0.25) is 0 Å². The van der Waals surface area contributed by atoms with Crippen LogP contribution >= 0.6 is 0 Å². The summed E-state index contributed by atoms with van der Waals surface area (Å²) in [6.07, 6.45) is 3.51. The maximum Gasteiger partial charge on any atom is 0.206 e. The number of guanidine groups is 1. The Balaban J connectivity index is 3.78. The number of methoxy groups -OCH3 is 1. The molecule has 15 heavy (non-hydrogen) atoms. The first-order valence-corrected chi connectivity index (χ1v) is 5.51. The first-order valence-electron chi connectivity index (χ1n) is 5.51. The van der Waals surface area contributed by atoms with Crippen molar-refractivity contribution in [2.75, 3.05) is 20.3 Å². The molecule has 0 aromatic heterocycles. The lowest BCUT2D eigenvalue weighted by Gasteiger charge is -2.15. The van der Waals surface area contributed by atoms with E-state index in [-0.39, 0.29) is 6.04 Å². The van der Waals surface area contributed by atoms with Gasteiger partial charge in [0.2, 0.25) is 5.96 Å². The summed E-state index contributed by atoms with van der Waals surface area (Å²) in [5, 5.41) is 3.13. The fourth-order valence-corrected chi connectivity index (χ4v) is 1.21. The number of aliphatic imine (C=N–C) groups is 1. The Hall–Kier alpha value is -0.810. The molecule has 0 bridgehead atoms. The van der Waals surface area contributed by atoms with Gasteiger partial charge in [-0.25, -0.2) is 5.84 Å². The average Bonchev–Trinajstić information content (AvgIpc) is 2.23. The second-order valence-electron chi connectivity index (χ2n) is 3.58. The van der Waals surface area contributed by atoms with Gasteiger partial charge in [0.05, 0.1) is 6.61 Å². The number of nitrogens with one attached hydrogen (secondary N) is 2. The maximum atomic E-state index is 5.35. The number of ether oxygens (including phenoxy) is 1. The van der Waals surface area contributed by atoms with Gasteiger partial charge in [-0.05, 0) is 13.3 Å². The van der Waals surface area contributed by atoms with Crippen molar-refractivity contribution >= 4 is 5.96 Å². The largest absolute Gasteiger partial charge is 0.383 e. The van der Waals surface area contributed by atoms with Gasteiger partial charge >= 0.3 is 0 Å². The lowest BCUT2D eigenvalue weighted by atomic mass is 10.2. The zero-order valence-electron chi connectivity index (χ0n) is 10.0. The molecule has 0 saturated heterocycles. The van der Waals surface area contributed by atoms with E-state index in [1.165, 1.54) is 12.8 Å². The second-order valence-corrected chi connectivity index (χ2v) is 3.58.